The van der Waals surface area contributed by atoms with Gasteiger partial charge in [0.2, 0.25) is 0 Å². The van der Waals surface area contributed by atoms with Gasteiger partial charge in [-0.15, -0.1) is 0 Å². The van der Waals surface area contributed by atoms with Gasteiger partial charge in [-0.2, -0.15) is 0 Å². The van der Waals surface area contributed by atoms with Crippen LogP contribution in [-0.4, -0.2) is 25.6 Å². The minimum Gasteiger partial charge on any atom is -0.380 e. The molecule has 0 spiro atoms. The molecule has 0 bridgehead atoms. The smallest absolute Gasteiger partial charge is 0.152 e. The quantitative estimate of drug-likeness (QED) is 0.504. The van der Waals surface area contributed by atoms with Crippen LogP contribution in [0.4, 0.5) is 0 Å². The zero-order chi connectivity index (χ0) is 7.52. The van der Waals surface area contributed by atoms with Crippen LogP contribution >= 0.6 is 0 Å². The van der Waals surface area contributed by atoms with Crippen molar-refractivity contribution in [3.8, 4) is 0 Å². The fourth-order valence-corrected chi connectivity index (χ4v) is 1.09. The van der Waals surface area contributed by atoms with Gasteiger partial charge in [-0.1, -0.05) is 0 Å². The van der Waals surface area contributed by atoms with Crippen molar-refractivity contribution in [2.24, 2.45) is 9.98 Å². The van der Waals surface area contributed by atoms with E-state index in [2.05, 4.69) is 20.6 Å². The van der Waals surface area contributed by atoms with E-state index in [9.17, 15) is 0 Å². The summed E-state index contributed by atoms with van der Waals surface area (Å²) in [5.74, 6) is 0.914. The van der Waals surface area contributed by atoms with Crippen LogP contribution in [0.5, 0.6) is 0 Å². The lowest BCUT2D eigenvalue weighted by atomic mass is 10.4. The highest BCUT2D eigenvalue weighted by Crippen LogP contribution is 2.03. The molecular formula is C7H10N4. The second-order valence-electron chi connectivity index (χ2n) is 2.44. The molecule has 58 valence electrons. The Morgan fingerprint density at radius 2 is 2.36 bits per heavy atom. The molecule has 0 fully saturated rings. The number of aliphatic imine (C=N–C) groups is 2. The highest BCUT2D eigenvalue weighted by atomic mass is 15.1. The fraction of sp³-hybridized carbons (Fsp3) is 0.429. The first-order valence-corrected chi connectivity index (χ1v) is 3.71. The van der Waals surface area contributed by atoms with Gasteiger partial charge in [0.05, 0.1) is 11.9 Å². The third kappa shape index (κ3) is 1.24. The van der Waals surface area contributed by atoms with Crippen molar-refractivity contribution in [2.45, 2.75) is 6.42 Å². The highest BCUT2D eigenvalue weighted by molar-refractivity contribution is 5.80. The lowest BCUT2D eigenvalue weighted by Gasteiger charge is -2.12. The molecule has 11 heavy (non-hydrogen) atoms. The van der Waals surface area contributed by atoms with Gasteiger partial charge in [0.25, 0.3) is 0 Å². The van der Waals surface area contributed by atoms with E-state index in [1.807, 2.05) is 12.4 Å². The van der Waals surface area contributed by atoms with Crippen LogP contribution in [0, 0.1) is 0 Å². The minimum atomic E-state index is 0.637. The maximum absolute atomic E-state index is 4.23. The van der Waals surface area contributed by atoms with Crippen LogP contribution < -0.4 is 10.6 Å². The Kier molecular flexibility index (Phi) is 1.59. The van der Waals surface area contributed by atoms with Gasteiger partial charge < -0.3 is 10.6 Å². The number of allylic oxidation sites excluding steroid dienone is 1. The van der Waals surface area contributed by atoms with Crippen molar-refractivity contribution in [2.75, 3.05) is 13.2 Å². The molecular weight excluding hydrogens is 140 g/mol. The summed E-state index contributed by atoms with van der Waals surface area (Å²) < 4.78 is 0. The normalized spacial score (nSPS) is 21.8. The molecule has 4 nitrogen and oxygen atoms in total. The Morgan fingerprint density at radius 1 is 1.36 bits per heavy atom. The molecule has 0 amide bonds. The van der Waals surface area contributed by atoms with Gasteiger partial charge in [-0.3, -0.25) is 4.99 Å². The molecule has 0 aromatic heterocycles. The zero-order valence-electron chi connectivity index (χ0n) is 6.17. The van der Waals surface area contributed by atoms with E-state index in [0.717, 1.165) is 24.5 Å². The maximum Gasteiger partial charge on any atom is 0.152 e. The molecule has 0 aromatic rings. The lowest BCUT2D eigenvalue weighted by Crippen LogP contribution is -2.25. The third-order valence-electron chi connectivity index (χ3n) is 1.62. The van der Waals surface area contributed by atoms with Crippen molar-refractivity contribution in [1.29, 1.82) is 0 Å². The van der Waals surface area contributed by atoms with Crippen LogP contribution in [0.25, 0.3) is 0 Å². The van der Waals surface area contributed by atoms with Gasteiger partial charge in [-0.25, -0.2) is 4.99 Å². The Bertz CT molecular complexity index is 239. The van der Waals surface area contributed by atoms with Crippen LogP contribution in [0.2, 0.25) is 0 Å². The summed E-state index contributed by atoms with van der Waals surface area (Å²) in [6, 6.07) is 0. The topological polar surface area (TPSA) is 48.8 Å². The van der Waals surface area contributed by atoms with E-state index in [1.165, 1.54) is 0 Å². The van der Waals surface area contributed by atoms with Gasteiger partial charge in [0, 0.05) is 19.2 Å². The molecule has 2 N–H and O–H groups in total. The summed E-state index contributed by atoms with van der Waals surface area (Å²) in [4.78, 5) is 8.31. The summed E-state index contributed by atoms with van der Waals surface area (Å²) in [5, 5.41) is 6.31. The molecule has 2 aliphatic heterocycles. The average molecular weight is 150 g/mol. The van der Waals surface area contributed by atoms with E-state index >= 15 is 0 Å². The molecule has 4 heteroatoms. The Hall–Kier alpha value is -1.32. The Morgan fingerprint density at radius 3 is 3.36 bits per heavy atom. The molecule has 0 aromatic carbocycles. The molecule has 0 saturated heterocycles. The summed E-state index contributed by atoms with van der Waals surface area (Å²) in [7, 11) is 0. The molecule has 0 atom stereocenters. The second kappa shape index (κ2) is 2.74. The first-order chi connectivity index (χ1) is 5.47. The highest BCUT2D eigenvalue weighted by Gasteiger charge is 2.07. The summed E-state index contributed by atoms with van der Waals surface area (Å²) in [6.07, 6.45) is 4.72. The number of hydrogen-bond acceptors (Lipinski definition) is 4. The number of nitrogens with one attached hydrogen (secondary N) is 2. The number of hydrogen-bond donors (Lipinski definition) is 2. The summed E-state index contributed by atoms with van der Waals surface area (Å²) >= 11 is 0. The number of nitrogens with zero attached hydrogens (tertiary/aromatic N) is 2. The van der Waals surface area contributed by atoms with Crippen LogP contribution in [0.1, 0.15) is 6.42 Å². The average Bonchev–Trinajstić information content (AvgIpc) is 2.28. The lowest BCUT2D eigenvalue weighted by molar-refractivity contribution is 0.764. The largest absolute Gasteiger partial charge is 0.380 e. The third-order valence-corrected chi connectivity index (χ3v) is 1.62. The summed E-state index contributed by atoms with van der Waals surface area (Å²) in [6.45, 7) is 1.58. The molecule has 0 radical (unpaired) electrons. The fourth-order valence-electron chi connectivity index (χ4n) is 1.09. The Balaban J connectivity index is 2.28. The van der Waals surface area contributed by atoms with E-state index in [1.54, 1.807) is 0 Å². The van der Waals surface area contributed by atoms with E-state index < -0.39 is 0 Å². The van der Waals surface area contributed by atoms with E-state index in [-0.39, 0.29) is 0 Å². The molecule has 2 heterocycles. The van der Waals surface area contributed by atoms with Gasteiger partial charge in [0.1, 0.15) is 6.67 Å². The first-order valence-electron chi connectivity index (χ1n) is 3.71. The Labute approximate surface area is 65.1 Å². The van der Waals surface area contributed by atoms with Crippen molar-refractivity contribution in [3.63, 3.8) is 0 Å². The van der Waals surface area contributed by atoms with Crippen molar-refractivity contribution >= 4 is 12.4 Å². The first kappa shape index (κ1) is 6.39. The van der Waals surface area contributed by atoms with Gasteiger partial charge >= 0.3 is 0 Å². The van der Waals surface area contributed by atoms with Crippen LogP contribution in [0.15, 0.2) is 21.5 Å². The SMILES string of the molecule is C1=NCNC2=C1NCCC=N2. The molecule has 0 unspecified atom stereocenters. The van der Waals surface area contributed by atoms with Crippen molar-refractivity contribution in [1.82, 2.24) is 10.6 Å². The van der Waals surface area contributed by atoms with Crippen LogP contribution in [-0.2, 0) is 0 Å². The minimum absolute atomic E-state index is 0.637. The maximum atomic E-state index is 4.23. The number of rotatable bonds is 0. The monoisotopic (exact) mass is 150 g/mol. The molecule has 0 saturated carbocycles. The molecule has 2 aliphatic rings. The predicted octanol–water partition coefficient (Wildman–Crippen LogP) is -0.149. The second-order valence-corrected chi connectivity index (χ2v) is 2.44. The van der Waals surface area contributed by atoms with Gasteiger partial charge in [-0.05, 0) is 0 Å². The summed E-state index contributed by atoms with van der Waals surface area (Å²) in [5.41, 5.74) is 1.00. The van der Waals surface area contributed by atoms with E-state index in [0.29, 0.717) is 6.67 Å². The van der Waals surface area contributed by atoms with Gasteiger partial charge in [0.15, 0.2) is 5.82 Å². The van der Waals surface area contributed by atoms with Crippen molar-refractivity contribution < 1.29 is 0 Å². The van der Waals surface area contributed by atoms with Crippen LogP contribution in [0.3, 0.4) is 0 Å². The predicted molar refractivity (Wildman–Crippen MR) is 44.6 cm³/mol. The standard InChI is InChI=1S/C7H10N4/c1-2-9-6-4-8-5-11-7(6)10-3-1/h3-4,9,11H,1-2,5H2. The molecule has 2 rings (SSSR count). The zero-order valence-corrected chi connectivity index (χ0v) is 6.17. The van der Waals surface area contributed by atoms with Crippen molar-refractivity contribution in [3.05, 3.63) is 11.5 Å². The van der Waals surface area contributed by atoms with E-state index in [4.69, 9.17) is 0 Å². The molecule has 0 aliphatic carbocycles.